The monoisotopic (exact) mass is 214 g/mol. The lowest BCUT2D eigenvalue weighted by atomic mass is 10.1. The van der Waals surface area contributed by atoms with Crippen LogP contribution in [0.25, 0.3) is 5.57 Å². The SMILES string of the molecule is CC(=O)/C=C(\C)c1cc(F)c(F)c(F)c1. The normalized spacial score (nSPS) is 11.7. The Morgan fingerprint density at radius 2 is 1.60 bits per heavy atom. The van der Waals surface area contributed by atoms with Crippen molar-refractivity contribution in [3.8, 4) is 0 Å². The van der Waals surface area contributed by atoms with Crippen LogP contribution in [0.3, 0.4) is 0 Å². The summed E-state index contributed by atoms with van der Waals surface area (Å²) in [4.78, 5) is 10.7. The number of carbonyl (C=O) groups is 1. The van der Waals surface area contributed by atoms with Gasteiger partial charge in [0.05, 0.1) is 0 Å². The molecule has 0 saturated heterocycles. The van der Waals surface area contributed by atoms with Crippen molar-refractivity contribution in [2.24, 2.45) is 0 Å². The lowest BCUT2D eigenvalue weighted by Gasteiger charge is -2.02. The van der Waals surface area contributed by atoms with E-state index in [0.717, 1.165) is 12.1 Å². The molecule has 0 aliphatic rings. The third-order valence-corrected chi connectivity index (χ3v) is 1.86. The second kappa shape index (κ2) is 4.29. The number of hydrogen-bond acceptors (Lipinski definition) is 1. The van der Waals surface area contributed by atoms with Gasteiger partial charge in [0, 0.05) is 0 Å². The molecule has 0 N–H and O–H groups in total. The molecule has 0 aliphatic carbocycles. The molecule has 0 amide bonds. The van der Waals surface area contributed by atoms with E-state index in [-0.39, 0.29) is 11.3 Å². The molecule has 0 radical (unpaired) electrons. The van der Waals surface area contributed by atoms with Gasteiger partial charge in [-0.1, -0.05) is 0 Å². The van der Waals surface area contributed by atoms with Crippen molar-refractivity contribution in [1.29, 1.82) is 0 Å². The van der Waals surface area contributed by atoms with Gasteiger partial charge in [-0.25, -0.2) is 13.2 Å². The Hall–Kier alpha value is -1.58. The first-order valence-electron chi connectivity index (χ1n) is 4.25. The first kappa shape index (κ1) is 11.5. The molecule has 1 rings (SSSR count). The highest BCUT2D eigenvalue weighted by Gasteiger charge is 2.11. The Kier molecular flexibility index (Phi) is 3.29. The van der Waals surface area contributed by atoms with Gasteiger partial charge in [-0.2, -0.15) is 0 Å². The largest absolute Gasteiger partial charge is 0.295 e. The van der Waals surface area contributed by atoms with Gasteiger partial charge in [0.2, 0.25) is 0 Å². The van der Waals surface area contributed by atoms with Gasteiger partial charge >= 0.3 is 0 Å². The van der Waals surface area contributed by atoms with Gasteiger partial charge in [0.25, 0.3) is 0 Å². The summed E-state index contributed by atoms with van der Waals surface area (Å²) in [6.07, 6.45) is 1.23. The molecule has 0 fully saturated rings. The minimum absolute atomic E-state index is 0.154. The molecular formula is C11H9F3O. The molecule has 0 saturated carbocycles. The van der Waals surface area contributed by atoms with Crippen LogP contribution in [0.5, 0.6) is 0 Å². The number of ketones is 1. The summed E-state index contributed by atoms with van der Waals surface area (Å²) in [5.74, 6) is -4.27. The molecule has 0 aliphatic heterocycles. The highest BCUT2D eigenvalue weighted by atomic mass is 19.2. The van der Waals surface area contributed by atoms with E-state index in [1.165, 1.54) is 19.9 Å². The molecule has 15 heavy (non-hydrogen) atoms. The summed E-state index contributed by atoms with van der Waals surface area (Å²) in [5.41, 5.74) is 0.543. The highest BCUT2D eigenvalue weighted by molar-refractivity contribution is 5.94. The summed E-state index contributed by atoms with van der Waals surface area (Å²) in [6.45, 7) is 2.84. The average molecular weight is 214 g/mol. The van der Waals surface area contributed by atoms with Crippen LogP contribution in [0.15, 0.2) is 18.2 Å². The maximum Gasteiger partial charge on any atom is 0.194 e. The van der Waals surface area contributed by atoms with Gasteiger partial charge in [-0.3, -0.25) is 4.79 Å². The molecule has 1 aromatic rings. The van der Waals surface area contributed by atoms with Crippen molar-refractivity contribution >= 4 is 11.4 Å². The van der Waals surface area contributed by atoms with E-state index in [4.69, 9.17) is 0 Å². The number of hydrogen-bond donors (Lipinski definition) is 0. The van der Waals surface area contributed by atoms with Crippen molar-refractivity contribution in [3.63, 3.8) is 0 Å². The fourth-order valence-electron chi connectivity index (χ4n) is 1.17. The Morgan fingerprint density at radius 3 is 2.00 bits per heavy atom. The quantitative estimate of drug-likeness (QED) is 0.546. The van der Waals surface area contributed by atoms with Crippen LogP contribution >= 0.6 is 0 Å². The molecular weight excluding hydrogens is 205 g/mol. The zero-order valence-electron chi connectivity index (χ0n) is 8.27. The molecule has 80 valence electrons. The molecule has 1 aromatic carbocycles. The molecule has 0 unspecified atom stereocenters. The molecule has 0 spiro atoms. The number of allylic oxidation sites excluding steroid dienone is 2. The van der Waals surface area contributed by atoms with E-state index in [9.17, 15) is 18.0 Å². The van der Waals surface area contributed by atoms with Crippen LogP contribution in [-0.2, 0) is 4.79 Å². The second-order valence-corrected chi connectivity index (χ2v) is 3.19. The topological polar surface area (TPSA) is 17.1 Å². The van der Waals surface area contributed by atoms with Crippen LogP contribution in [0.4, 0.5) is 13.2 Å². The Morgan fingerprint density at radius 1 is 1.13 bits per heavy atom. The average Bonchev–Trinajstić information content (AvgIpc) is 2.12. The van der Waals surface area contributed by atoms with E-state index in [1.807, 2.05) is 0 Å². The Balaban J connectivity index is 3.23. The highest BCUT2D eigenvalue weighted by Crippen LogP contribution is 2.19. The summed E-state index contributed by atoms with van der Waals surface area (Å²) in [5, 5.41) is 0. The van der Waals surface area contributed by atoms with Gasteiger partial charge < -0.3 is 0 Å². The molecule has 4 heteroatoms. The van der Waals surface area contributed by atoms with Crippen LogP contribution in [0.1, 0.15) is 19.4 Å². The molecule has 0 atom stereocenters. The minimum Gasteiger partial charge on any atom is -0.295 e. The molecule has 1 nitrogen and oxygen atoms in total. The predicted molar refractivity (Wildman–Crippen MR) is 50.6 cm³/mol. The molecule has 0 heterocycles. The number of rotatable bonds is 2. The minimum atomic E-state index is -1.51. The summed E-state index contributed by atoms with van der Waals surface area (Å²) < 4.78 is 38.2. The van der Waals surface area contributed by atoms with E-state index in [0.29, 0.717) is 5.57 Å². The summed E-state index contributed by atoms with van der Waals surface area (Å²) in [7, 11) is 0. The van der Waals surface area contributed by atoms with Gasteiger partial charge in [-0.05, 0) is 43.2 Å². The van der Waals surface area contributed by atoms with Crippen molar-refractivity contribution in [3.05, 3.63) is 41.2 Å². The second-order valence-electron chi connectivity index (χ2n) is 3.19. The van der Waals surface area contributed by atoms with E-state index >= 15 is 0 Å². The maximum absolute atomic E-state index is 12.8. The van der Waals surface area contributed by atoms with Crippen LogP contribution in [-0.4, -0.2) is 5.78 Å². The van der Waals surface area contributed by atoms with Crippen molar-refractivity contribution in [2.45, 2.75) is 13.8 Å². The van der Waals surface area contributed by atoms with E-state index < -0.39 is 17.5 Å². The zero-order chi connectivity index (χ0) is 11.6. The van der Waals surface area contributed by atoms with Crippen molar-refractivity contribution < 1.29 is 18.0 Å². The number of benzene rings is 1. The standard InChI is InChI=1S/C11H9F3O/c1-6(3-7(2)15)8-4-9(12)11(14)10(13)5-8/h3-5H,1-2H3/b6-3+. The lowest BCUT2D eigenvalue weighted by molar-refractivity contribution is -0.112. The zero-order valence-corrected chi connectivity index (χ0v) is 8.27. The smallest absolute Gasteiger partial charge is 0.194 e. The fraction of sp³-hybridized carbons (Fsp3) is 0.182. The van der Waals surface area contributed by atoms with Crippen molar-refractivity contribution in [1.82, 2.24) is 0 Å². The van der Waals surface area contributed by atoms with Gasteiger partial charge in [0.15, 0.2) is 23.2 Å². The van der Waals surface area contributed by atoms with Crippen molar-refractivity contribution in [2.75, 3.05) is 0 Å². The van der Waals surface area contributed by atoms with Gasteiger partial charge in [-0.15, -0.1) is 0 Å². The molecule has 0 aromatic heterocycles. The predicted octanol–water partition coefficient (Wildman–Crippen LogP) is 3.10. The fourth-order valence-corrected chi connectivity index (χ4v) is 1.17. The number of halogens is 3. The third-order valence-electron chi connectivity index (χ3n) is 1.86. The Labute approximate surface area is 85.2 Å². The number of carbonyl (C=O) groups excluding carboxylic acids is 1. The van der Waals surface area contributed by atoms with E-state index in [2.05, 4.69) is 0 Å². The summed E-state index contributed by atoms with van der Waals surface area (Å²) in [6, 6.07) is 1.71. The lowest BCUT2D eigenvalue weighted by Crippen LogP contribution is -1.94. The first-order valence-corrected chi connectivity index (χ1v) is 4.25. The Bertz CT molecular complexity index is 412. The van der Waals surface area contributed by atoms with Gasteiger partial charge in [0.1, 0.15) is 0 Å². The summed E-state index contributed by atoms with van der Waals surface area (Å²) >= 11 is 0. The van der Waals surface area contributed by atoms with Crippen LogP contribution < -0.4 is 0 Å². The first-order chi connectivity index (χ1) is 6.91. The third kappa shape index (κ3) is 2.68. The molecule has 0 bridgehead atoms. The maximum atomic E-state index is 12.8. The van der Waals surface area contributed by atoms with Crippen LogP contribution in [0.2, 0.25) is 0 Å². The van der Waals surface area contributed by atoms with E-state index in [1.54, 1.807) is 0 Å². The van der Waals surface area contributed by atoms with Crippen LogP contribution in [0, 0.1) is 17.5 Å².